The van der Waals surface area contributed by atoms with Gasteiger partial charge >= 0.3 is 0 Å². The highest BCUT2D eigenvalue weighted by atomic mass is 16.5. The standard InChI is InChI=1S/C14H22N2O2/c1-14(2,16-13(17)5-4-10-15)11-6-8-12(18-3)9-7-11/h6-9H,4-5,10,15H2,1-3H3,(H,16,17). The first-order valence-electron chi connectivity index (χ1n) is 6.15. The van der Waals surface area contributed by atoms with Crippen LogP contribution in [0.5, 0.6) is 5.75 Å². The number of hydrogen-bond donors (Lipinski definition) is 2. The van der Waals surface area contributed by atoms with Crippen molar-refractivity contribution in [2.24, 2.45) is 5.73 Å². The van der Waals surface area contributed by atoms with Crippen LogP contribution in [0.25, 0.3) is 0 Å². The van der Waals surface area contributed by atoms with Crippen molar-refractivity contribution in [1.82, 2.24) is 5.32 Å². The van der Waals surface area contributed by atoms with Crippen molar-refractivity contribution in [3.8, 4) is 5.75 Å². The van der Waals surface area contributed by atoms with Crippen LogP contribution in [0, 0.1) is 0 Å². The summed E-state index contributed by atoms with van der Waals surface area (Å²) in [5.74, 6) is 0.838. The van der Waals surface area contributed by atoms with Gasteiger partial charge in [-0.1, -0.05) is 12.1 Å². The van der Waals surface area contributed by atoms with Gasteiger partial charge in [0.05, 0.1) is 12.6 Å². The molecule has 0 saturated carbocycles. The van der Waals surface area contributed by atoms with E-state index < -0.39 is 5.54 Å². The number of carbonyl (C=O) groups excluding carboxylic acids is 1. The van der Waals surface area contributed by atoms with Gasteiger partial charge in [-0.2, -0.15) is 0 Å². The van der Waals surface area contributed by atoms with Crippen molar-refractivity contribution in [3.63, 3.8) is 0 Å². The molecule has 0 aromatic heterocycles. The lowest BCUT2D eigenvalue weighted by atomic mass is 9.94. The summed E-state index contributed by atoms with van der Waals surface area (Å²) in [6.07, 6.45) is 1.18. The minimum Gasteiger partial charge on any atom is -0.497 e. The molecule has 100 valence electrons. The number of hydrogen-bond acceptors (Lipinski definition) is 3. The van der Waals surface area contributed by atoms with Gasteiger partial charge in [-0.3, -0.25) is 4.79 Å². The Morgan fingerprint density at radius 2 is 1.94 bits per heavy atom. The third-order valence-corrected chi connectivity index (χ3v) is 2.87. The van der Waals surface area contributed by atoms with Gasteiger partial charge in [-0.05, 0) is 44.5 Å². The largest absolute Gasteiger partial charge is 0.497 e. The predicted molar refractivity (Wildman–Crippen MR) is 72.5 cm³/mol. The first kappa shape index (κ1) is 14.5. The van der Waals surface area contributed by atoms with E-state index in [9.17, 15) is 4.79 Å². The predicted octanol–water partition coefficient (Wildman–Crippen LogP) is 1.79. The number of rotatable bonds is 6. The molecule has 0 unspecified atom stereocenters. The highest BCUT2D eigenvalue weighted by Gasteiger charge is 2.22. The molecule has 3 N–H and O–H groups in total. The number of methoxy groups -OCH3 is 1. The van der Waals surface area contributed by atoms with Gasteiger partial charge in [-0.25, -0.2) is 0 Å². The van der Waals surface area contributed by atoms with Crippen LogP contribution in [-0.4, -0.2) is 19.6 Å². The third-order valence-electron chi connectivity index (χ3n) is 2.87. The fraction of sp³-hybridized carbons (Fsp3) is 0.500. The lowest BCUT2D eigenvalue weighted by molar-refractivity contribution is -0.122. The maximum absolute atomic E-state index is 11.7. The van der Waals surface area contributed by atoms with Gasteiger partial charge in [0.25, 0.3) is 0 Å². The number of carbonyl (C=O) groups is 1. The van der Waals surface area contributed by atoms with E-state index in [1.54, 1.807) is 7.11 Å². The van der Waals surface area contributed by atoms with Crippen LogP contribution >= 0.6 is 0 Å². The highest BCUT2D eigenvalue weighted by molar-refractivity contribution is 5.76. The van der Waals surface area contributed by atoms with Crippen molar-refractivity contribution in [3.05, 3.63) is 29.8 Å². The molecule has 4 nitrogen and oxygen atoms in total. The Morgan fingerprint density at radius 1 is 1.33 bits per heavy atom. The summed E-state index contributed by atoms with van der Waals surface area (Å²) in [6.45, 7) is 4.50. The second kappa shape index (κ2) is 6.40. The average molecular weight is 250 g/mol. The van der Waals surface area contributed by atoms with Crippen LogP contribution in [0.1, 0.15) is 32.3 Å². The highest BCUT2D eigenvalue weighted by Crippen LogP contribution is 2.22. The smallest absolute Gasteiger partial charge is 0.220 e. The molecule has 1 rings (SSSR count). The van der Waals surface area contributed by atoms with E-state index in [1.165, 1.54) is 0 Å². The molecule has 0 saturated heterocycles. The molecule has 0 heterocycles. The number of benzene rings is 1. The summed E-state index contributed by atoms with van der Waals surface area (Å²) in [6, 6.07) is 7.70. The summed E-state index contributed by atoms with van der Waals surface area (Å²) >= 11 is 0. The van der Waals surface area contributed by atoms with Crippen LogP contribution < -0.4 is 15.8 Å². The lowest BCUT2D eigenvalue weighted by Crippen LogP contribution is -2.41. The second-order valence-electron chi connectivity index (χ2n) is 4.79. The van der Waals surface area contributed by atoms with E-state index in [0.29, 0.717) is 19.4 Å². The fourth-order valence-electron chi connectivity index (χ4n) is 1.75. The molecule has 1 aromatic carbocycles. The first-order valence-corrected chi connectivity index (χ1v) is 6.15. The molecular weight excluding hydrogens is 228 g/mol. The summed E-state index contributed by atoms with van der Waals surface area (Å²) in [5.41, 5.74) is 6.04. The quantitative estimate of drug-likeness (QED) is 0.809. The van der Waals surface area contributed by atoms with Crippen LogP contribution in [-0.2, 0) is 10.3 Å². The van der Waals surface area contributed by atoms with Crippen LogP contribution in [0.2, 0.25) is 0 Å². The van der Waals surface area contributed by atoms with Crippen molar-refractivity contribution >= 4 is 5.91 Å². The summed E-state index contributed by atoms with van der Waals surface area (Å²) < 4.78 is 5.11. The summed E-state index contributed by atoms with van der Waals surface area (Å²) in [7, 11) is 1.63. The van der Waals surface area contributed by atoms with Crippen molar-refractivity contribution in [1.29, 1.82) is 0 Å². The summed E-state index contributed by atoms with van der Waals surface area (Å²) in [4.78, 5) is 11.7. The minimum absolute atomic E-state index is 0.0290. The van der Waals surface area contributed by atoms with Crippen molar-refractivity contribution in [2.75, 3.05) is 13.7 Å². The fourth-order valence-corrected chi connectivity index (χ4v) is 1.75. The molecule has 0 bridgehead atoms. The second-order valence-corrected chi connectivity index (χ2v) is 4.79. The Bertz CT molecular complexity index is 385. The van der Waals surface area contributed by atoms with Crippen LogP contribution in [0.3, 0.4) is 0 Å². The number of nitrogens with two attached hydrogens (primary N) is 1. The number of ether oxygens (including phenoxy) is 1. The van der Waals surface area contributed by atoms with Gasteiger partial charge in [0.2, 0.25) is 5.91 Å². The Morgan fingerprint density at radius 3 is 2.44 bits per heavy atom. The molecule has 18 heavy (non-hydrogen) atoms. The van der Waals surface area contributed by atoms with Crippen LogP contribution in [0.4, 0.5) is 0 Å². The first-order chi connectivity index (χ1) is 8.49. The molecule has 0 aliphatic rings. The van der Waals surface area contributed by atoms with E-state index in [0.717, 1.165) is 11.3 Å². The van der Waals surface area contributed by atoms with E-state index >= 15 is 0 Å². The van der Waals surface area contributed by atoms with Gasteiger partial charge < -0.3 is 15.8 Å². The van der Waals surface area contributed by atoms with Gasteiger partial charge in [0, 0.05) is 6.42 Å². The number of nitrogens with one attached hydrogen (secondary N) is 1. The zero-order chi connectivity index (χ0) is 13.6. The molecule has 1 aromatic rings. The molecule has 0 atom stereocenters. The van der Waals surface area contributed by atoms with Crippen LogP contribution in [0.15, 0.2) is 24.3 Å². The molecule has 0 aliphatic carbocycles. The topological polar surface area (TPSA) is 64.3 Å². The monoisotopic (exact) mass is 250 g/mol. The maximum Gasteiger partial charge on any atom is 0.220 e. The number of amides is 1. The van der Waals surface area contributed by atoms with Crippen molar-refractivity contribution < 1.29 is 9.53 Å². The minimum atomic E-state index is -0.391. The molecule has 0 radical (unpaired) electrons. The zero-order valence-electron chi connectivity index (χ0n) is 11.3. The SMILES string of the molecule is COc1ccc(C(C)(C)NC(=O)CCCN)cc1. The zero-order valence-corrected chi connectivity index (χ0v) is 11.3. The Balaban J connectivity index is 2.69. The Hall–Kier alpha value is -1.55. The van der Waals surface area contributed by atoms with Gasteiger partial charge in [0.15, 0.2) is 0 Å². The van der Waals surface area contributed by atoms with E-state index in [-0.39, 0.29) is 5.91 Å². The molecule has 0 spiro atoms. The Labute approximate surface area is 109 Å². The third kappa shape index (κ3) is 4.04. The molecule has 0 aliphatic heterocycles. The molecular formula is C14H22N2O2. The molecule has 1 amide bonds. The van der Waals surface area contributed by atoms with Gasteiger partial charge in [-0.15, -0.1) is 0 Å². The average Bonchev–Trinajstić information content (AvgIpc) is 2.36. The van der Waals surface area contributed by atoms with E-state index in [1.807, 2.05) is 38.1 Å². The Kier molecular flexibility index (Phi) is 5.16. The normalized spacial score (nSPS) is 11.1. The summed E-state index contributed by atoms with van der Waals surface area (Å²) in [5, 5.41) is 3.01. The lowest BCUT2D eigenvalue weighted by Gasteiger charge is -2.27. The van der Waals surface area contributed by atoms with Gasteiger partial charge in [0.1, 0.15) is 5.75 Å². The molecule has 4 heteroatoms. The van der Waals surface area contributed by atoms with E-state index in [4.69, 9.17) is 10.5 Å². The maximum atomic E-state index is 11.7. The van der Waals surface area contributed by atoms with E-state index in [2.05, 4.69) is 5.32 Å². The molecule has 0 fully saturated rings. The van der Waals surface area contributed by atoms with Crippen molar-refractivity contribution in [2.45, 2.75) is 32.2 Å².